The molecule has 8 heteroatoms. The van der Waals surface area contributed by atoms with E-state index in [0.29, 0.717) is 11.4 Å². The van der Waals surface area contributed by atoms with E-state index in [1.807, 2.05) is 18.2 Å². The van der Waals surface area contributed by atoms with Gasteiger partial charge in [0.25, 0.3) is 10.0 Å². The van der Waals surface area contributed by atoms with Crippen molar-refractivity contribution >= 4 is 21.5 Å². The summed E-state index contributed by atoms with van der Waals surface area (Å²) < 4.78 is 27.7. The Labute approximate surface area is 171 Å². The molecule has 1 aliphatic heterocycles. The van der Waals surface area contributed by atoms with Crippen molar-refractivity contribution in [3.8, 4) is 11.3 Å². The Morgan fingerprint density at radius 1 is 0.862 bits per heavy atom. The van der Waals surface area contributed by atoms with Gasteiger partial charge in [0, 0.05) is 37.4 Å². The van der Waals surface area contributed by atoms with Crippen molar-refractivity contribution in [2.75, 3.05) is 42.8 Å². The van der Waals surface area contributed by atoms with Crippen LogP contribution < -0.4 is 9.62 Å². The predicted octanol–water partition coefficient (Wildman–Crippen LogP) is 2.70. The smallest absolute Gasteiger partial charge is 0.261 e. The largest absolute Gasteiger partial charge is 0.353 e. The van der Waals surface area contributed by atoms with Gasteiger partial charge in [-0.3, -0.25) is 4.72 Å². The Kier molecular flexibility index (Phi) is 5.46. The second kappa shape index (κ2) is 8.18. The summed E-state index contributed by atoms with van der Waals surface area (Å²) in [5.74, 6) is 0.864. The van der Waals surface area contributed by atoms with Gasteiger partial charge in [0.1, 0.15) is 0 Å². The molecule has 1 aromatic heterocycles. The van der Waals surface area contributed by atoms with Crippen LogP contribution in [0.2, 0.25) is 0 Å². The number of nitrogens with one attached hydrogen (secondary N) is 1. The highest BCUT2D eigenvalue weighted by molar-refractivity contribution is 7.92. The minimum absolute atomic E-state index is 0.224. The first-order valence-corrected chi connectivity index (χ1v) is 11.0. The number of anilines is 2. The standard InChI is InChI=1S/C21H23N5O2S/c1-25-12-14-26(15-13-25)21-11-10-20(22-23-21)17-6-5-7-18(16-17)24-29(27,28)19-8-3-2-4-9-19/h2-11,16,24H,12-15H2,1H3. The van der Waals surface area contributed by atoms with Crippen LogP contribution in [0.5, 0.6) is 0 Å². The summed E-state index contributed by atoms with van der Waals surface area (Å²) in [7, 11) is -1.52. The normalized spacial score (nSPS) is 15.3. The van der Waals surface area contributed by atoms with Crippen LogP contribution in [0.25, 0.3) is 11.3 Å². The summed E-state index contributed by atoms with van der Waals surface area (Å²) >= 11 is 0. The number of benzene rings is 2. The van der Waals surface area contributed by atoms with Crippen LogP contribution in [-0.4, -0.2) is 56.7 Å². The maximum atomic E-state index is 12.5. The highest BCUT2D eigenvalue weighted by Gasteiger charge is 2.16. The van der Waals surface area contributed by atoms with Crippen LogP contribution in [0.1, 0.15) is 0 Å². The van der Waals surface area contributed by atoms with E-state index in [-0.39, 0.29) is 4.90 Å². The maximum absolute atomic E-state index is 12.5. The number of hydrogen-bond donors (Lipinski definition) is 1. The zero-order chi connectivity index (χ0) is 20.3. The second-order valence-electron chi connectivity index (χ2n) is 7.07. The first kappa shape index (κ1) is 19.4. The van der Waals surface area contributed by atoms with Gasteiger partial charge in [0.2, 0.25) is 0 Å². The predicted molar refractivity (Wildman–Crippen MR) is 114 cm³/mol. The molecule has 1 fully saturated rings. The van der Waals surface area contributed by atoms with Crippen molar-refractivity contribution in [1.82, 2.24) is 15.1 Å². The minimum atomic E-state index is -3.63. The minimum Gasteiger partial charge on any atom is -0.353 e. The molecule has 7 nitrogen and oxygen atoms in total. The maximum Gasteiger partial charge on any atom is 0.261 e. The van der Waals surface area contributed by atoms with Gasteiger partial charge in [-0.05, 0) is 43.4 Å². The number of hydrogen-bond acceptors (Lipinski definition) is 6. The van der Waals surface area contributed by atoms with E-state index < -0.39 is 10.0 Å². The average molecular weight is 410 g/mol. The lowest BCUT2D eigenvalue weighted by Gasteiger charge is -2.32. The first-order chi connectivity index (χ1) is 14.0. The molecule has 0 bridgehead atoms. The highest BCUT2D eigenvalue weighted by Crippen LogP contribution is 2.24. The number of piperazine rings is 1. The van der Waals surface area contributed by atoms with Crippen LogP contribution >= 0.6 is 0 Å². The van der Waals surface area contributed by atoms with E-state index in [1.54, 1.807) is 48.5 Å². The molecule has 0 spiro atoms. The van der Waals surface area contributed by atoms with Gasteiger partial charge in [-0.1, -0.05) is 30.3 Å². The van der Waals surface area contributed by atoms with Gasteiger partial charge < -0.3 is 9.80 Å². The van der Waals surface area contributed by atoms with Gasteiger partial charge in [0.05, 0.1) is 10.6 Å². The number of aromatic nitrogens is 2. The molecule has 29 heavy (non-hydrogen) atoms. The Bertz CT molecular complexity index is 1060. The summed E-state index contributed by atoms with van der Waals surface area (Å²) in [5, 5.41) is 8.73. The third kappa shape index (κ3) is 4.55. The molecule has 4 rings (SSSR count). The van der Waals surface area contributed by atoms with Crippen LogP contribution in [0, 0.1) is 0 Å². The number of nitrogens with zero attached hydrogens (tertiary/aromatic N) is 4. The van der Waals surface area contributed by atoms with Gasteiger partial charge in [-0.2, -0.15) is 0 Å². The summed E-state index contributed by atoms with van der Waals surface area (Å²) in [4.78, 5) is 4.74. The van der Waals surface area contributed by atoms with Crippen molar-refractivity contribution in [2.45, 2.75) is 4.90 Å². The molecule has 0 aliphatic carbocycles. The molecule has 0 amide bonds. The Morgan fingerprint density at radius 3 is 2.31 bits per heavy atom. The Balaban J connectivity index is 1.51. The number of likely N-dealkylation sites (N-methyl/N-ethyl adjacent to an activating group) is 1. The molecule has 1 aliphatic rings. The molecule has 2 aromatic carbocycles. The Hall–Kier alpha value is -2.97. The lowest BCUT2D eigenvalue weighted by atomic mass is 10.1. The zero-order valence-electron chi connectivity index (χ0n) is 16.2. The van der Waals surface area contributed by atoms with E-state index in [2.05, 4.69) is 31.8 Å². The van der Waals surface area contributed by atoms with Crippen LogP contribution in [0.3, 0.4) is 0 Å². The molecule has 150 valence electrons. The first-order valence-electron chi connectivity index (χ1n) is 9.47. The third-order valence-corrected chi connectivity index (χ3v) is 6.34. The van der Waals surface area contributed by atoms with Gasteiger partial charge >= 0.3 is 0 Å². The fraction of sp³-hybridized carbons (Fsp3) is 0.238. The van der Waals surface area contributed by atoms with Crippen molar-refractivity contribution in [2.24, 2.45) is 0 Å². The van der Waals surface area contributed by atoms with E-state index in [0.717, 1.165) is 37.6 Å². The molecule has 1 N–H and O–H groups in total. The Morgan fingerprint density at radius 2 is 1.62 bits per heavy atom. The molecule has 1 saturated heterocycles. The van der Waals surface area contributed by atoms with Crippen molar-refractivity contribution < 1.29 is 8.42 Å². The summed E-state index contributed by atoms with van der Waals surface area (Å²) in [6, 6.07) is 19.4. The van der Waals surface area contributed by atoms with E-state index in [9.17, 15) is 8.42 Å². The van der Waals surface area contributed by atoms with Gasteiger partial charge in [-0.15, -0.1) is 10.2 Å². The van der Waals surface area contributed by atoms with E-state index >= 15 is 0 Å². The average Bonchev–Trinajstić information content (AvgIpc) is 2.75. The van der Waals surface area contributed by atoms with Gasteiger partial charge in [0.15, 0.2) is 5.82 Å². The summed E-state index contributed by atoms with van der Waals surface area (Å²) in [5.41, 5.74) is 1.98. The zero-order valence-corrected chi connectivity index (χ0v) is 17.0. The van der Waals surface area contributed by atoms with Crippen LogP contribution in [-0.2, 0) is 10.0 Å². The summed E-state index contributed by atoms with van der Waals surface area (Å²) in [6.45, 7) is 3.88. The third-order valence-electron chi connectivity index (χ3n) is 4.94. The van der Waals surface area contributed by atoms with Crippen LogP contribution in [0.15, 0.2) is 71.6 Å². The lowest BCUT2D eigenvalue weighted by molar-refractivity contribution is 0.312. The molecule has 0 radical (unpaired) electrons. The molecular weight excluding hydrogens is 386 g/mol. The van der Waals surface area contributed by atoms with Crippen LogP contribution in [0.4, 0.5) is 11.5 Å². The second-order valence-corrected chi connectivity index (χ2v) is 8.75. The lowest BCUT2D eigenvalue weighted by Crippen LogP contribution is -2.44. The van der Waals surface area contributed by atoms with Crippen molar-refractivity contribution in [3.63, 3.8) is 0 Å². The topological polar surface area (TPSA) is 78.4 Å². The SMILES string of the molecule is CN1CCN(c2ccc(-c3cccc(NS(=O)(=O)c4ccccc4)c3)nn2)CC1. The fourth-order valence-electron chi connectivity index (χ4n) is 3.24. The van der Waals surface area contributed by atoms with Gasteiger partial charge in [-0.25, -0.2) is 8.42 Å². The highest BCUT2D eigenvalue weighted by atomic mass is 32.2. The molecule has 0 unspecified atom stereocenters. The molecule has 3 aromatic rings. The molecule has 0 atom stereocenters. The molecular formula is C21H23N5O2S. The quantitative estimate of drug-likeness (QED) is 0.698. The van der Waals surface area contributed by atoms with Crippen molar-refractivity contribution in [3.05, 3.63) is 66.7 Å². The van der Waals surface area contributed by atoms with E-state index in [4.69, 9.17) is 0 Å². The van der Waals surface area contributed by atoms with Crippen molar-refractivity contribution in [1.29, 1.82) is 0 Å². The monoisotopic (exact) mass is 409 g/mol. The van der Waals surface area contributed by atoms with E-state index in [1.165, 1.54) is 0 Å². The fourth-order valence-corrected chi connectivity index (χ4v) is 4.31. The molecule has 0 saturated carbocycles. The molecule has 2 heterocycles. The summed E-state index contributed by atoms with van der Waals surface area (Å²) in [6.07, 6.45) is 0. The number of sulfonamides is 1. The number of rotatable bonds is 5.